The van der Waals surface area contributed by atoms with Gasteiger partial charge >= 0.3 is 11.9 Å². The summed E-state index contributed by atoms with van der Waals surface area (Å²) in [6.07, 6.45) is 84.4. The van der Waals surface area contributed by atoms with E-state index in [0.29, 0.717) is 23.9 Å². The van der Waals surface area contributed by atoms with Crippen LogP contribution in [0.2, 0.25) is 0 Å². The predicted molar refractivity (Wildman–Crippen MR) is 347 cm³/mol. The molecule has 0 saturated carbocycles. The number of nitrogens with zero attached hydrogens (tertiary/aromatic N) is 1. The van der Waals surface area contributed by atoms with Crippen LogP contribution in [0.3, 0.4) is 0 Å². The molecular weight excluding hydrogens is 1020 g/mol. The summed E-state index contributed by atoms with van der Waals surface area (Å²) in [6, 6.07) is 0. The predicted octanol–water partition coefficient (Wildman–Crippen LogP) is 19.3. The van der Waals surface area contributed by atoms with Crippen molar-refractivity contribution in [2.24, 2.45) is 0 Å². The molecule has 0 saturated heterocycles. The zero-order valence-corrected chi connectivity index (χ0v) is 53.6. The van der Waals surface area contributed by atoms with Crippen LogP contribution in [0.15, 0.2) is 109 Å². The number of carboxylic acids is 1. The monoisotopic (exact) mass is 1140 g/mol. The van der Waals surface area contributed by atoms with E-state index in [0.717, 1.165) is 103 Å². The SMILES string of the molecule is CC/C=C\C/C=C\C/C=C\C/C=C\C/C=C\C/C=C\C/C=C\C/C=C\C/C=C\CCCCCCCCCCCCCC(=O)OC(COC(=O)CCCCCCCCCCCCCCCCCCCC)COC(OCC[N+](C)(C)C)C(=O)[O-]. The van der Waals surface area contributed by atoms with Gasteiger partial charge in [-0.3, -0.25) is 9.59 Å². The maximum Gasteiger partial charge on any atom is 0.306 e. The normalized spacial score (nSPS) is 13.4. The van der Waals surface area contributed by atoms with Crippen LogP contribution in [-0.2, 0) is 33.3 Å². The maximum absolute atomic E-state index is 12.9. The first-order valence-corrected chi connectivity index (χ1v) is 33.5. The first-order chi connectivity index (χ1) is 40.1. The molecule has 2 atom stereocenters. The van der Waals surface area contributed by atoms with Gasteiger partial charge in [-0.1, -0.05) is 290 Å². The van der Waals surface area contributed by atoms with Crippen LogP contribution in [0.25, 0.3) is 0 Å². The van der Waals surface area contributed by atoms with Gasteiger partial charge < -0.3 is 33.3 Å². The summed E-state index contributed by atoms with van der Waals surface area (Å²) in [4.78, 5) is 37.4. The Morgan fingerprint density at radius 2 is 0.695 bits per heavy atom. The first-order valence-electron chi connectivity index (χ1n) is 33.5. The van der Waals surface area contributed by atoms with Crippen LogP contribution >= 0.6 is 0 Å². The number of rotatable bonds is 61. The standard InChI is InChI=1S/C73H125NO8/c1-6-8-10-12-14-16-18-20-22-24-26-27-28-29-30-31-32-33-34-35-36-37-38-39-40-41-42-43-44-45-46-48-50-52-54-56-58-60-62-64-71(76)82-69(68-81-73(72(77)78)79-66-65-74(3,4)5)67-80-70(75)63-61-59-57-55-53-51-49-47-25-23-21-19-17-15-13-11-9-7-2/h8,10,14,16,20,22,26-27,29-30,32-33,35-36,38-39,41-42,69,73H,6-7,9,11-13,15,17-19,21,23-25,28,31,34,37,40,43-68H2,1-5H3/b10-8-,16-14-,22-20-,27-26-,30-29-,33-32-,36-35-,39-38-,42-41-. The van der Waals surface area contributed by atoms with Crippen molar-refractivity contribution >= 4 is 17.9 Å². The summed E-state index contributed by atoms with van der Waals surface area (Å²) in [7, 11) is 5.93. The highest BCUT2D eigenvalue weighted by Gasteiger charge is 2.22. The Labute approximate surface area is 505 Å². The number of carboxylic acid groups (broad SMARTS) is 1. The number of carbonyl (C=O) groups excluding carboxylic acids is 3. The molecule has 0 radical (unpaired) electrons. The summed E-state index contributed by atoms with van der Waals surface area (Å²) in [6.45, 7) is 4.65. The Morgan fingerprint density at radius 1 is 0.378 bits per heavy atom. The van der Waals surface area contributed by atoms with E-state index in [1.165, 1.54) is 141 Å². The van der Waals surface area contributed by atoms with Crippen molar-refractivity contribution < 1.29 is 42.9 Å². The van der Waals surface area contributed by atoms with Gasteiger partial charge in [0, 0.05) is 12.8 Å². The molecule has 0 aliphatic heterocycles. The van der Waals surface area contributed by atoms with E-state index in [1.807, 2.05) is 21.1 Å². The first kappa shape index (κ1) is 78.0. The van der Waals surface area contributed by atoms with E-state index in [-0.39, 0.29) is 32.2 Å². The molecule has 0 aromatic rings. The summed E-state index contributed by atoms with van der Waals surface area (Å²) in [5, 5.41) is 11.8. The second-order valence-corrected chi connectivity index (χ2v) is 23.4. The number of allylic oxidation sites excluding steroid dienone is 18. The van der Waals surface area contributed by atoms with Crippen LogP contribution in [0.1, 0.15) is 277 Å². The van der Waals surface area contributed by atoms with E-state index >= 15 is 0 Å². The lowest BCUT2D eigenvalue weighted by Crippen LogP contribution is -2.44. The van der Waals surface area contributed by atoms with Gasteiger partial charge in [-0.2, -0.15) is 0 Å². The largest absolute Gasteiger partial charge is 0.545 e. The van der Waals surface area contributed by atoms with E-state index in [9.17, 15) is 19.5 Å². The Hall–Kier alpha value is -4.05. The average molecular weight is 1140 g/mol. The van der Waals surface area contributed by atoms with Gasteiger partial charge in [-0.25, -0.2) is 0 Å². The molecule has 0 heterocycles. The molecule has 470 valence electrons. The number of hydrogen-bond donors (Lipinski definition) is 0. The number of aliphatic carboxylic acids is 1. The second kappa shape index (κ2) is 63.0. The van der Waals surface area contributed by atoms with Crippen LogP contribution in [0, 0.1) is 0 Å². The highest BCUT2D eigenvalue weighted by atomic mass is 16.7. The quantitative estimate of drug-likeness (QED) is 0.0195. The fourth-order valence-electron chi connectivity index (χ4n) is 9.18. The number of ether oxygens (including phenoxy) is 4. The molecule has 0 aliphatic rings. The Balaban J connectivity index is 4.13. The fourth-order valence-corrected chi connectivity index (χ4v) is 9.18. The van der Waals surface area contributed by atoms with Crippen molar-refractivity contribution in [1.82, 2.24) is 0 Å². The van der Waals surface area contributed by atoms with Gasteiger partial charge in [0.2, 0.25) is 0 Å². The van der Waals surface area contributed by atoms with Crippen molar-refractivity contribution in [3.05, 3.63) is 109 Å². The Morgan fingerprint density at radius 3 is 1.04 bits per heavy atom. The zero-order chi connectivity index (χ0) is 59.8. The minimum Gasteiger partial charge on any atom is -0.545 e. The molecule has 0 amide bonds. The van der Waals surface area contributed by atoms with Crippen LogP contribution in [0.5, 0.6) is 0 Å². The molecule has 0 aromatic carbocycles. The van der Waals surface area contributed by atoms with Crippen LogP contribution in [0.4, 0.5) is 0 Å². The Kier molecular flexibility index (Phi) is 59.9. The molecule has 82 heavy (non-hydrogen) atoms. The summed E-state index contributed by atoms with van der Waals surface area (Å²) in [5.74, 6) is -2.28. The summed E-state index contributed by atoms with van der Waals surface area (Å²) in [5.41, 5.74) is 0. The minimum absolute atomic E-state index is 0.145. The van der Waals surface area contributed by atoms with Crippen molar-refractivity contribution in [2.45, 2.75) is 289 Å². The Bertz CT molecular complexity index is 1710. The molecule has 0 fully saturated rings. The average Bonchev–Trinajstić information content (AvgIpc) is 3.45. The summed E-state index contributed by atoms with van der Waals surface area (Å²) >= 11 is 0. The molecule has 9 heteroatoms. The van der Waals surface area contributed by atoms with Gasteiger partial charge in [0.05, 0.1) is 40.3 Å². The maximum atomic E-state index is 12.9. The third-order valence-electron chi connectivity index (χ3n) is 14.3. The number of unbranched alkanes of at least 4 members (excludes halogenated alkanes) is 28. The van der Waals surface area contributed by atoms with Crippen LogP contribution in [-0.4, -0.2) is 82.3 Å². The van der Waals surface area contributed by atoms with Gasteiger partial charge in [0.25, 0.3) is 0 Å². The molecule has 0 aromatic heterocycles. The third-order valence-corrected chi connectivity index (χ3v) is 14.3. The fraction of sp³-hybridized carbons (Fsp3) is 0.712. The van der Waals surface area contributed by atoms with Gasteiger partial charge in [-0.15, -0.1) is 0 Å². The highest BCUT2D eigenvalue weighted by molar-refractivity contribution is 5.70. The second-order valence-electron chi connectivity index (χ2n) is 23.4. The molecule has 0 bridgehead atoms. The van der Waals surface area contributed by atoms with E-state index < -0.39 is 24.3 Å². The number of likely N-dealkylation sites (N-methyl/N-ethyl adjacent to an activating group) is 1. The van der Waals surface area contributed by atoms with Crippen LogP contribution < -0.4 is 5.11 Å². The van der Waals surface area contributed by atoms with E-state index in [1.54, 1.807) is 0 Å². The van der Waals surface area contributed by atoms with E-state index in [2.05, 4.69) is 123 Å². The molecular formula is C73H125NO8. The molecule has 2 unspecified atom stereocenters. The number of esters is 2. The van der Waals surface area contributed by atoms with E-state index in [4.69, 9.17) is 18.9 Å². The van der Waals surface area contributed by atoms with Crippen molar-refractivity contribution in [2.75, 3.05) is 47.5 Å². The summed E-state index contributed by atoms with van der Waals surface area (Å²) < 4.78 is 22.8. The molecule has 0 rings (SSSR count). The molecule has 0 N–H and O–H groups in total. The minimum atomic E-state index is -1.63. The smallest absolute Gasteiger partial charge is 0.306 e. The van der Waals surface area contributed by atoms with Crippen molar-refractivity contribution in [3.8, 4) is 0 Å². The zero-order valence-electron chi connectivity index (χ0n) is 53.6. The molecule has 0 aliphatic carbocycles. The molecule has 0 spiro atoms. The number of quaternary nitrogens is 1. The lowest BCUT2D eigenvalue weighted by Gasteiger charge is -2.26. The number of carbonyl (C=O) groups is 3. The molecule has 9 nitrogen and oxygen atoms in total. The van der Waals surface area contributed by atoms with Gasteiger partial charge in [-0.05, 0) is 83.5 Å². The topological polar surface area (TPSA) is 111 Å². The number of hydrogen-bond acceptors (Lipinski definition) is 8. The lowest BCUT2D eigenvalue weighted by atomic mass is 10.0. The third kappa shape index (κ3) is 63.5. The van der Waals surface area contributed by atoms with Crippen molar-refractivity contribution in [3.63, 3.8) is 0 Å². The van der Waals surface area contributed by atoms with Gasteiger partial charge in [0.15, 0.2) is 12.4 Å². The highest BCUT2D eigenvalue weighted by Crippen LogP contribution is 2.17. The van der Waals surface area contributed by atoms with Gasteiger partial charge in [0.1, 0.15) is 13.2 Å². The van der Waals surface area contributed by atoms with Crippen molar-refractivity contribution in [1.29, 1.82) is 0 Å². The lowest BCUT2D eigenvalue weighted by molar-refractivity contribution is -0.870.